The molecule has 2 amide bonds. The summed E-state index contributed by atoms with van der Waals surface area (Å²) in [6.45, 7) is 7.23. The van der Waals surface area contributed by atoms with Crippen molar-refractivity contribution in [2.45, 2.75) is 69.2 Å². The Morgan fingerprint density at radius 1 is 1.19 bits per heavy atom. The van der Waals surface area contributed by atoms with Gasteiger partial charge in [-0.1, -0.05) is 12.1 Å². The van der Waals surface area contributed by atoms with Gasteiger partial charge in [-0.05, 0) is 52.3 Å². The molecular weight excluding hydrogens is 456 g/mol. The van der Waals surface area contributed by atoms with Gasteiger partial charge in [0.25, 0.3) is 0 Å². The van der Waals surface area contributed by atoms with Crippen molar-refractivity contribution in [3.8, 4) is 0 Å². The fraction of sp³-hybridized carbons (Fsp3) is 0.600. The van der Waals surface area contributed by atoms with Crippen LogP contribution in [0.25, 0.3) is 0 Å². The lowest BCUT2D eigenvalue weighted by atomic mass is 10.0. The van der Waals surface area contributed by atoms with Gasteiger partial charge in [-0.3, -0.25) is 9.69 Å². The summed E-state index contributed by atoms with van der Waals surface area (Å²) in [4.78, 5) is 24.8. The van der Waals surface area contributed by atoms with Gasteiger partial charge < -0.3 is 9.47 Å². The molecule has 0 spiro atoms. The van der Waals surface area contributed by atoms with E-state index in [0.29, 0.717) is 5.56 Å². The molecule has 1 aliphatic heterocycles. The lowest BCUT2D eigenvalue weighted by Gasteiger charge is -2.34. The molecule has 180 valence electrons. The number of hydrogen-bond donors (Lipinski definition) is 0. The Balaban J connectivity index is 2.36. The first-order valence-electron chi connectivity index (χ1n) is 9.58. The molecule has 0 radical (unpaired) electrons. The van der Waals surface area contributed by atoms with Crippen molar-refractivity contribution in [1.29, 1.82) is 0 Å². The molecule has 3 unspecified atom stereocenters. The monoisotopic (exact) mass is 482 g/mol. The van der Waals surface area contributed by atoms with Gasteiger partial charge in [0, 0.05) is 11.2 Å². The molecular formula is C20H26F4N2O5S. The maximum Gasteiger partial charge on any atom is 0.474 e. The highest BCUT2D eigenvalue weighted by Crippen LogP contribution is 2.42. The van der Waals surface area contributed by atoms with Crippen LogP contribution in [0.1, 0.15) is 46.3 Å². The van der Waals surface area contributed by atoms with Crippen LogP contribution >= 0.6 is 0 Å². The molecule has 0 N–H and O–H groups in total. The SMILES string of the molecule is CC(C)(C)OC(=O)N1C(CF)C(c2ccc(S(C)(=O)=NC(=O)C(F)(F)F)cc2)OC1(C)C. The van der Waals surface area contributed by atoms with Gasteiger partial charge in [0.15, 0.2) is 0 Å². The summed E-state index contributed by atoms with van der Waals surface area (Å²) in [5.41, 5.74) is -1.63. The second-order valence-electron chi connectivity index (χ2n) is 8.82. The summed E-state index contributed by atoms with van der Waals surface area (Å²) >= 11 is 0. The molecule has 12 heteroatoms. The Kier molecular flexibility index (Phi) is 7.02. The summed E-state index contributed by atoms with van der Waals surface area (Å²) in [5, 5.41) is 0. The van der Waals surface area contributed by atoms with E-state index in [2.05, 4.69) is 4.36 Å². The minimum atomic E-state index is -5.23. The van der Waals surface area contributed by atoms with Crippen molar-refractivity contribution >= 4 is 21.7 Å². The van der Waals surface area contributed by atoms with Gasteiger partial charge in [-0.25, -0.2) is 13.4 Å². The second kappa shape index (κ2) is 8.62. The van der Waals surface area contributed by atoms with Crippen LogP contribution in [-0.4, -0.2) is 57.6 Å². The number of rotatable bonds is 3. The van der Waals surface area contributed by atoms with Crippen molar-refractivity contribution in [2.75, 3.05) is 12.9 Å². The highest BCUT2D eigenvalue weighted by molar-refractivity contribution is 7.93. The van der Waals surface area contributed by atoms with E-state index in [-0.39, 0.29) is 4.90 Å². The molecule has 1 saturated heterocycles. The van der Waals surface area contributed by atoms with Crippen molar-refractivity contribution in [3.63, 3.8) is 0 Å². The Morgan fingerprint density at radius 3 is 2.16 bits per heavy atom. The predicted molar refractivity (Wildman–Crippen MR) is 108 cm³/mol. The number of carbonyl (C=O) groups is 2. The number of hydrogen-bond acceptors (Lipinski definition) is 5. The number of benzene rings is 1. The first-order chi connectivity index (χ1) is 14.4. The zero-order chi connectivity index (χ0) is 24.7. The van der Waals surface area contributed by atoms with Crippen molar-refractivity contribution < 1.29 is 40.8 Å². The first kappa shape index (κ1) is 26.0. The molecule has 1 aromatic rings. The predicted octanol–water partition coefficient (Wildman–Crippen LogP) is 4.61. The standard InChI is InChI=1S/C20H26F4N2O5S/c1-18(2,3)31-17(28)26-14(11-21)15(30-19(26,4)5)12-7-9-13(10-8-12)32(6,29)25-16(27)20(22,23)24/h7-10,14-15H,11H2,1-6H3. The second-order valence-corrected chi connectivity index (χ2v) is 11.1. The zero-order valence-corrected chi connectivity index (χ0v) is 19.3. The van der Waals surface area contributed by atoms with E-state index in [1.54, 1.807) is 34.6 Å². The number of carbonyl (C=O) groups excluding carboxylic acids is 2. The Labute approximate surface area is 184 Å². The first-order valence-corrected chi connectivity index (χ1v) is 11.5. The molecule has 7 nitrogen and oxygen atoms in total. The minimum Gasteiger partial charge on any atom is -0.444 e. The zero-order valence-electron chi connectivity index (χ0n) is 18.5. The van der Waals surface area contributed by atoms with E-state index < -0.39 is 58.1 Å². The molecule has 3 atom stereocenters. The number of nitrogens with zero attached hydrogens (tertiary/aromatic N) is 2. The van der Waals surface area contributed by atoms with E-state index in [1.807, 2.05) is 0 Å². The molecule has 1 fully saturated rings. The summed E-state index contributed by atoms with van der Waals surface area (Å²) < 4.78 is 78.0. The van der Waals surface area contributed by atoms with Crippen LogP contribution in [-0.2, 0) is 24.0 Å². The van der Waals surface area contributed by atoms with E-state index in [1.165, 1.54) is 24.3 Å². The Bertz CT molecular complexity index is 993. The Morgan fingerprint density at radius 2 is 1.72 bits per heavy atom. The fourth-order valence-electron chi connectivity index (χ4n) is 3.26. The average molecular weight is 482 g/mol. The van der Waals surface area contributed by atoms with E-state index in [0.717, 1.165) is 11.2 Å². The molecule has 0 aliphatic carbocycles. The number of ether oxygens (including phenoxy) is 2. The molecule has 0 saturated carbocycles. The molecule has 1 aliphatic rings. The number of halogens is 4. The summed E-state index contributed by atoms with van der Waals surface area (Å²) in [6.07, 6.45) is -6.00. The molecule has 32 heavy (non-hydrogen) atoms. The molecule has 1 heterocycles. The van der Waals surface area contributed by atoms with Crippen LogP contribution in [0.2, 0.25) is 0 Å². The van der Waals surface area contributed by atoms with Crippen LogP contribution < -0.4 is 0 Å². The van der Waals surface area contributed by atoms with Gasteiger partial charge in [-0.2, -0.15) is 13.2 Å². The van der Waals surface area contributed by atoms with Crippen molar-refractivity contribution in [3.05, 3.63) is 29.8 Å². The van der Waals surface area contributed by atoms with E-state index in [9.17, 15) is 31.4 Å². The van der Waals surface area contributed by atoms with E-state index in [4.69, 9.17) is 9.47 Å². The van der Waals surface area contributed by atoms with Gasteiger partial charge >= 0.3 is 18.2 Å². The van der Waals surface area contributed by atoms with Crippen LogP contribution in [0.4, 0.5) is 22.4 Å². The normalized spacial score (nSPS) is 22.9. The third-order valence-electron chi connectivity index (χ3n) is 4.57. The lowest BCUT2D eigenvalue weighted by Crippen LogP contribution is -2.50. The quantitative estimate of drug-likeness (QED) is 0.587. The van der Waals surface area contributed by atoms with Gasteiger partial charge in [-0.15, -0.1) is 4.36 Å². The molecule has 0 aromatic heterocycles. The van der Waals surface area contributed by atoms with Crippen LogP contribution in [0.5, 0.6) is 0 Å². The highest BCUT2D eigenvalue weighted by Gasteiger charge is 2.51. The number of alkyl halides is 4. The largest absolute Gasteiger partial charge is 0.474 e. The Hall–Kier alpha value is -2.21. The van der Waals surface area contributed by atoms with Crippen molar-refractivity contribution in [2.24, 2.45) is 4.36 Å². The van der Waals surface area contributed by atoms with Crippen molar-refractivity contribution in [1.82, 2.24) is 4.90 Å². The maximum atomic E-state index is 14.0. The minimum absolute atomic E-state index is 0.114. The average Bonchev–Trinajstić information content (AvgIpc) is 2.89. The van der Waals surface area contributed by atoms with Crippen LogP contribution in [0.15, 0.2) is 33.5 Å². The molecule has 2 rings (SSSR count). The van der Waals surface area contributed by atoms with Gasteiger partial charge in [0.1, 0.15) is 24.1 Å². The maximum absolute atomic E-state index is 14.0. The van der Waals surface area contributed by atoms with Crippen LogP contribution in [0, 0.1) is 0 Å². The lowest BCUT2D eigenvalue weighted by molar-refractivity contribution is -0.169. The fourth-order valence-corrected chi connectivity index (χ4v) is 4.43. The molecule has 0 bridgehead atoms. The third kappa shape index (κ3) is 5.77. The molecule has 1 aromatic carbocycles. The van der Waals surface area contributed by atoms with Gasteiger partial charge in [0.05, 0.1) is 15.8 Å². The topological polar surface area (TPSA) is 85.3 Å². The summed E-state index contributed by atoms with van der Waals surface area (Å²) in [6, 6.07) is 4.19. The number of amides is 2. The highest BCUT2D eigenvalue weighted by atomic mass is 32.2. The third-order valence-corrected chi connectivity index (χ3v) is 6.23. The van der Waals surface area contributed by atoms with E-state index >= 15 is 0 Å². The van der Waals surface area contributed by atoms with Gasteiger partial charge in [0.2, 0.25) is 0 Å². The van der Waals surface area contributed by atoms with Crippen LogP contribution in [0.3, 0.4) is 0 Å². The smallest absolute Gasteiger partial charge is 0.444 e. The summed E-state index contributed by atoms with van der Waals surface area (Å²) in [7, 11) is -3.66. The summed E-state index contributed by atoms with van der Waals surface area (Å²) in [5.74, 6) is -2.44.